The van der Waals surface area contributed by atoms with Gasteiger partial charge in [-0.2, -0.15) is 4.98 Å². The maximum absolute atomic E-state index is 13.2. The van der Waals surface area contributed by atoms with Crippen molar-refractivity contribution < 1.29 is 13.7 Å². The molecule has 2 aromatic heterocycles. The van der Waals surface area contributed by atoms with E-state index < -0.39 is 15.8 Å². The van der Waals surface area contributed by atoms with E-state index in [0.29, 0.717) is 41.1 Å². The lowest BCUT2D eigenvalue weighted by Crippen LogP contribution is -2.31. The molecule has 4 bridgehead atoms. The third-order valence-electron chi connectivity index (χ3n) is 5.09. The number of nitrogens with one attached hydrogen (secondary N) is 4. The zero-order chi connectivity index (χ0) is 24.0. The third kappa shape index (κ3) is 5.54. The Morgan fingerprint density at radius 2 is 2.03 bits per heavy atom. The Hall–Kier alpha value is -3.86. The number of hydrogen-bond donors (Lipinski definition) is 4. The Morgan fingerprint density at radius 1 is 1.21 bits per heavy atom. The minimum atomic E-state index is -3.13. The van der Waals surface area contributed by atoms with E-state index in [-0.39, 0.29) is 6.61 Å². The number of rotatable bonds is 4. The van der Waals surface area contributed by atoms with Crippen LogP contribution in [0.15, 0.2) is 53.8 Å². The van der Waals surface area contributed by atoms with Crippen LogP contribution in [-0.2, 0) is 14.4 Å². The van der Waals surface area contributed by atoms with Crippen LogP contribution in [-0.4, -0.2) is 50.8 Å². The molecule has 1 aromatic carbocycles. The number of hydrogen-bond acceptors (Lipinski definition) is 9. The van der Waals surface area contributed by atoms with Crippen LogP contribution in [0.2, 0.25) is 0 Å². The minimum absolute atomic E-state index is 0.172. The van der Waals surface area contributed by atoms with Gasteiger partial charge in [0.2, 0.25) is 5.95 Å². The lowest BCUT2D eigenvalue weighted by atomic mass is 10.1. The van der Waals surface area contributed by atoms with Crippen LogP contribution in [0.25, 0.3) is 11.1 Å². The van der Waals surface area contributed by atoms with E-state index >= 15 is 0 Å². The van der Waals surface area contributed by atoms with Gasteiger partial charge in [0.25, 0.3) is 0 Å². The van der Waals surface area contributed by atoms with Gasteiger partial charge in [0.15, 0.2) is 0 Å². The van der Waals surface area contributed by atoms with Crippen LogP contribution in [0.1, 0.15) is 19.8 Å². The van der Waals surface area contributed by atoms with Crippen molar-refractivity contribution in [1.82, 2.24) is 19.7 Å². The summed E-state index contributed by atoms with van der Waals surface area (Å²) in [4.78, 5) is 25.6. The third-order valence-corrected chi connectivity index (χ3v) is 6.65. The molecular weight excluding hydrogens is 454 g/mol. The molecule has 0 saturated heterocycles. The summed E-state index contributed by atoms with van der Waals surface area (Å²) >= 11 is 0. The molecule has 34 heavy (non-hydrogen) atoms. The van der Waals surface area contributed by atoms with E-state index in [9.17, 15) is 9.00 Å². The number of ether oxygens (including phenoxy) is 1. The fraction of sp³-hybridized carbons (Fsp3) is 0.261. The van der Waals surface area contributed by atoms with E-state index in [4.69, 9.17) is 4.74 Å². The van der Waals surface area contributed by atoms with Crippen molar-refractivity contribution in [2.75, 3.05) is 35.6 Å². The molecule has 1 amide bonds. The standard InChI is InChI=1S/C23H27N7O3S/c1-3-33-23(31)30-34(2,32)20-9-8-17-13-19(20)25-11-4-5-12-26-21-18(15-27-22(28-17)29-21)16-7-6-10-24-14-16/h6-10,13-15,25H,2-5,11-12H2,1H3,(H,30,31,32)(H2,26,27,28,29). The summed E-state index contributed by atoms with van der Waals surface area (Å²) in [6.45, 7) is 3.21. The van der Waals surface area contributed by atoms with Crippen molar-refractivity contribution in [1.29, 1.82) is 0 Å². The highest BCUT2D eigenvalue weighted by Gasteiger charge is 2.18. The van der Waals surface area contributed by atoms with Crippen molar-refractivity contribution in [3.63, 3.8) is 0 Å². The van der Waals surface area contributed by atoms with Crippen LogP contribution < -0.4 is 20.7 Å². The van der Waals surface area contributed by atoms with Gasteiger partial charge in [-0.25, -0.2) is 18.7 Å². The Balaban J connectivity index is 1.67. The maximum Gasteiger partial charge on any atom is 0.418 e. The zero-order valence-corrected chi connectivity index (χ0v) is 19.7. The highest BCUT2D eigenvalue weighted by Crippen LogP contribution is 2.30. The van der Waals surface area contributed by atoms with Gasteiger partial charge < -0.3 is 20.7 Å². The molecule has 4 N–H and O–H groups in total. The smallest absolute Gasteiger partial charge is 0.418 e. The molecule has 1 aliphatic heterocycles. The number of fused-ring (bicyclic) bond motifs is 4. The van der Waals surface area contributed by atoms with Crippen LogP contribution in [0.4, 0.5) is 27.9 Å². The molecule has 10 nitrogen and oxygen atoms in total. The van der Waals surface area contributed by atoms with Crippen molar-refractivity contribution >= 4 is 44.8 Å². The van der Waals surface area contributed by atoms with Crippen LogP contribution in [0, 0.1) is 0 Å². The maximum atomic E-state index is 13.2. The highest BCUT2D eigenvalue weighted by molar-refractivity contribution is 7.99. The number of aromatic nitrogens is 3. The Bertz CT molecular complexity index is 1270. The summed E-state index contributed by atoms with van der Waals surface area (Å²) in [5.74, 6) is 4.87. The van der Waals surface area contributed by atoms with Crippen molar-refractivity contribution in [3.05, 3.63) is 48.9 Å². The van der Waals surface area contributed by atoms with Gasteiger partial charge in [0.05, 0.1) is 26.9 Å². The lowest BCUT2D eigenvalue weighted by molar-refractivity contribution is 0.159. The van der Waals surface area contributed by atoms with Gasteiger partial charge in [-0.3, -0.25) is 4.98 Å². The second-order valence-electron chi connectivity index (χ2n) is 7.59. The summed E-state index contributed by atoms with van der Waals surface area (Å²) in [5, 5.41) is 9.92. The molecule has 0 aliphatic carbocycles. The summed E-state index contributed by atoms with van der Waals surface area (Å²) in [6, 6.07) is 9.04. The predicted molar refractivity (Wildman–Crippen MR) is 135 cm³/mol. The average Bonchev–Trinajstić information content (AvgIpc) is 2.82. The van der Waals surface area contributed by atoms with Gasteiger partial charge >= 0.3 is 6.09 Å². The SMILES string of the molecule is C=S(=O)(NC(=O)OCC)c1ccc2cc1NCCCCNc1nc(ncc1-c1cccnc1)N2. The molecule has 1 unspecified atom stereocenters. The van der Waals surface area contributed by atoms with Crippen LogP contribution in [0.3, 0.4) is 0 Å². The monoisotopic (exact) mass is 481 g/mol. The second kappa shape index (κ2) is 10.4. The second-order valence-corrected chi connectivity index (χ2v) is 9.59. The number of carbonyl (C=O) groups excluding carboxylic acids is 1. The van der Waals surface area contributed by atoms with Crippen LogP contribution in [0.5, 0.6) is 0 Å². The van der Waals surface area contributed by atoms with E-state index in [1.54, 1.807) is 43.7 Å². The molecular formula is C23H27N7O3S. The molecule has 178 valence electrons. The number of benzene rings is 1. The molecule has 1 aliphatic rings. The van der Waals surface area contributed by atoms with Crippen LogP contribution >= 0.6 is 0 Å². The van der Waals surface area contributed by atoms with Crippen molar-refractivity contribution in [3.8, 4) is 11.1 Å². The minimum Gasteiger partial charge on any atom is -0.449 e. The molecule has 0 saturated carbocycles. The predicted octanol–water partition coefficient (Wildman–Crippen LogP) is 3.64. The highest BCUT2D eigenvalue weighted by atomic mass is 32.2. The van der Waals surface area contributed by atoms with Crippen molar-refractivity contribution in [2.24, 2.45) is 0 Å². The van der Waals surface area contributed by atoms with Crippen molar-refractivity contribution in [2.45, 2.75) is 24.7 Å². The molecule has 0 radical (unpaired) electrons. The normalized spacial score (nSPS) is 15.0. The lowest BCUT2D eigenvalue weighted by Gasteiger charge is -2.18. The summed E-state index contributed by atoms with van der Waals surface area (Å²) in [6.07, 6.45) is 6.22. The summed E-state index contributed by atoms with van der Waals surface area (Å²) in [5.41, 5.74) is 3.08. The van der Waals surface area contributed by atoms with Gasteiger partial charge in [0.1, 0.15) is 5.82 Å². The molecule has 0 fully saturated rings. The van der Waals surface area contributed by atoms with E-state index in [1.807, 2.05) is 12.1 Å². The average molecular weight is 482 g/mol. The first-order valence-corrected chi connectivity index (χ1v) is 12.7. The van der Waals surface area contributed by atoms with Gasteiger partial charge in [-0.1, -0.05) is 6.07 Å². The Kier molecular flexibility index (Phi) is 7.12. The molecule has 3 heterocycles. The number of anilines is 4. The van der Waals surface area contributed by atoms with Gasteiger partial charge in [-0.15, -0.1) is 0 Å². The zero-order valence-electron chi connectivity index (χ0n) is 18.8. The fourth-order valence-corrected chi connectivity index (χ4v) is 4.71. The molecule has 1 atom stereocenters. The first-order valence-electron chi connectivity index (χ1n) is 10.9. The molecule has 4 rings (SSSR count). The number of carbonyl (C=O) groups is 1. The fourth-order valence-electron chi connectivity index (χ4n) is 3.50. The topological polar surface area (TPSA) is 130 Å². The van der Waals surface area contributed by atoms with Gasteiger partial charge in [0, 0.05) is 48.5 Å². The number of pyridine rings is 1. The molecule has 3 aromatic rings. The largest absolute Gasteiger partial charge is 0.449 e. The Morgan fingerprint density at radius 3 is 2.79 bits per heavy atom. The van der Waals surface area contributed by atoms with E-state index in [0.717, 1.165) is 24.0 Å². The Labute approximate surface area is 198 Å². The molecule has 11 heteroatoms. The summed E-state index contributed by atoms with van der Waals surface area (Å²) < 4.78 is 20.5. The van der Waals surface area contributed by atoms with E-state index in [2.05, 4.69) is 41.5 Å². The van der Waals surface area contributed by atoms with Gasteiger partial charge in [-0.05, 0) is 49.9 Å². The number of nitrogens with zero attached hydrogens (tertiary/aromatic N) is 3. The summed E-state index contributed by atoms with van der Waals surface area (Å²) in [7, 11) is -3.13. The number of amides is 1. The first-order chi connectivity index (χ1) is 16.5. The van der Waals surface area contributed by atoms with E-state index in [1.165, 1.54) is 0 Å². The first kappa shape index (κ1) is 23.3. The molecule has 0 spiro atoms. The quantitative estimate of drug-likeness (QED) is 0.413.